The number of thioether (sulfide) groups is 1. The van der Waals surface area contributed by atoms with E-state index in [1.54, 1.807) is 42.9 Å². The van der Waals surface area contributed by atoms with Gasteiger partial charge in [0.05, 0.1) is 5.56 Å². The number of nitrogens with zero attached hydrogens (tertiary/aromatic N) is 1. The number of carbonyl (C=O) groups excluding carboxylic acids is 2. The van der Waals surface area contributed by atoms with E-state index in [-0.39, 0.29) is 11.8 Å². The highest BCUT2D eigenvalue weighted by atomic mass is 32.2. The lowest BCUT2D eigenvalue weighted by atomic mass is 10.1. The lowest BCUT2D eigenvalue weighted by Gasteiger charge is -2.19. The lowest BCUT2D eigenvalue weighted by Crippen LogP contribution is -2.26. The first-order chi connectivity index (χ1) is 11.6. The largest absolute Gasteiger partial charge is 0.355 e. The predicted octanol–water partition coefficient (Wildman–Crippen LogP) is 3.43. The minimum Gasteiger partial charge on any atom is -0.355 e. The summed E-state index contributed by atoms with van der Waals surface area (Å²) in [6, 6.07) is 15.0. The molecule has 0 radical (unpaired) electrons. The van der Waals surface area contributed by atoms with E-state index in [2.05, 4.69) is 12.2 Å². The fourth-order valence-electron chi connectivity index (χ4n) is 2.38. The van der Waals surface area contributed by atoms with Gasteiger partial charge in [0.1, 0.15) is 0 Å². The SMILES string of the molecule is CCSc1ccccc1C(=O)N(C)Cc1ccc(C(=O)NC)cc1. The smallest absolute Gasteiger partial charge is 0.255 e. The quantitative estimate of drug-likeness (QED) is 0.818. The second-order valence-electron chi connectivity index (χ2n) is 5.37. The van der Waals surface area contributed by atoms with E-state index in [1.807, 2.05) is 36.4 Å². The van der Waals surface area contributed by atoms with Crippen molar-refractivity contribution >= 4 is 23.6 Å². The molecule has 0 atom stereocenters. The first-order valence-electron chi connectivity index (χ1n) is 7.85. The molecule has 0 bridgehead atoms. The summed E-state index contributed by atoms with van der Waals surface area (Å²) >= 11 is 1.67. The molecule has 0 saturated heterocycles. The van der Waals surface area contributed by atoms with E-state index >= 15 is 0 Å². The van der Waals surface area contributed by atoms with Crippen molar-refractivity contribution in [1.82, 2.24) is 10.2 Å². The van der Waals surface area contributed by atoms with E-state index < -0.39 is 0 Å². The van der Waals surface area contributed by atoms with Gasteiger partial charge >= 0.3 is 0 Å². The molecule has 4 nitrogen and oxygen atoms in total. The maximum absolute atomic E-state index is 12.7. The van der Waals surface area contributed by atoms with Gasteiger partial charge in [0.2, 0.25) is 0 Å². The first-order valence-corrected chi connectivity index (χ1v) is 8.83. The first kappa shape index (κ1) is 18.1. The molecule has 0 heterocycles. The molecular weight excluding hydrogens is 320 g/mol. The van der Waals surface area contributed by atoms with Gasteiger partial charge < -0.3 is 10.2 Å². The molecule has 1 N–H and O–H groups in total. The molecule has 0 aliphatic carbocycles. The van der Waals surface area contributed by atoms with Crippen LogP contribution in [0.1, 0.15) is 33.2 Å². The number of rotatable bonds is 6. The highest BCUT2D eigenvalue weighted by Gasteiger charge is 2.16. The molecule has 24 heavy (non-hydrogen) atoms. The topological polar surface area (TPSA) is 49.4 Å². The van der Waals surface area contributed by atoms with Crippen LogP contribution in [0, 0.1) is 0 Å². The zero-order chi connectivity index (χ0) is 17.5. The van der Waals surface area contributed by atoms with Gasteiger partial charge in [-0.05, 0) is 35.6 Å². The summed E-state index contributed by atoms with van der Waals surface area (Å²) in [7, 11) is 3.40. The zero-order valence-corrected chi connectivity index (χ0v) is 15.0. The van der Waals surface area contributed by atoms with Crippen molar-refractivity contribution in [2.75, 3.05) is 19.8 Å². The van der Waals surface area contributed by atoms with Crippen LogP contribution in [0.3, 0.4) is 0 Å². The van der Waals surface area contributed by atoms with Crippen molar-refractivity contribution < 1.29 is 9.59 Å². The van der Waals surface area contributed by atoms with Crippen LogP contribution in [0.5, 0.6) is 0 Å². The molecule has 0 unspecified atom stereocenters. The fourth-order valence-corrected chi connectivity index (χ4v) is 3.18. The van der Waals surface area contributed by atoms with Gasteiger partial charge in [-0.25, -0.2) is 0 Å². The summed E-state index contributed by atoms with van der Waals surface area (Å²) in [5.74, 6) is 0.813. The highest BCUT2D eigenvalue weighted by molar-refractivity contribution is 7.99. The normalized spacial score (nSPS) is 10.3. The standard InChI is InChI=1S/C19H22N2O2S/c1-4-24-17-8-6-5-7-16(17)19(23)21(3)13-14-9-11-15(12-10-14)18(22)20-2/h5-12H,4,13H2,1-3H3,(H,20,22). The summed E-state index contributed by atoms with van der Waals surface area (Å²) < 4.78 is 0. The van der Waals surface area contributed by atoms with Gasteiger partial charge in [-0.2, -0.15) is 0 Å². The van der Waals surface area contributed by atoms with Crippen molar-refractivity contribution in [2.24, 2.45) is 0 Å². The minimum atomic E-state index is -0.114. The number of amides is 2. The lowest BCUT2D eigenvalue weighted by molar-refractivity contribution is 0.0781. The second-order valence-corrected chi connectivity index (χ2v) is 6.67. The summed E-state index contributed by atoms with van der Waals surface area (Å²) in [6.45, 7) is 2.57. The van der Waals surface area contributed by atoms with Crippen LogP contribution in [0.2, 0.25) is 0 Å². The number of hydrogen-bond donors (Lipinski definition) is 1. The molecule has 0 fully saturated rings. The van der Waals surface area contributed by atoms with Crippen molar-refractivity contribution in [2.45, 2.75) is 18.4 Å². The maximum atomic E-state index is 12.7. The third kappa shape index (κ3) is 4.38. The zero-order valence-electron chi connectivity index (χ0n) is 14.2. The number of nitrogens with one attached hydrogen (secondary N) is 1. The molecule has 0 aliphatic heterocycles. The fraction of sp³-hybridized carbons (Fsp3) is 0.263. The summed E-state index contributed by atoms with van der Waals surface area (Å²) in [6.07, 6.45) is 0. The summed E-state index contributed by atoms with van der Waals surface area (Å²) in [4.78, 5) is 27.0. The second kappa shape index (κ2) is 8.55. The van der Waals surface area contributed by atoms with Gasteiger partial charge in [-0.3, -0.25) is 9.59 Å². The Morgan fingerprint density at radius 1 is 1.08 bits per heavy atom. The van der Waals surface area contributed by atoms with Crippen LogP contribution < -0.4 is 5.32 Å². The van der Waals surface area contributed by atoms with Gasteiger partial charge in [-0.1, -0.05) is 31.2 Å². The van der Waals surface area contributed by atoms with E-state index in [4.69, 9.17) is 0 Å². The Balaban J connectivity index is 2.10. The van der Waals surface area contributed by atoms with Crippen molar-refractivity contribution in [3.63, 3.8) is 0 Å². The predicted molar refractivity (Wildman–Crippen MR) is 98.5 cm³/mol. The van der Waals surface area contributed by atoms with Crippen LogP contribution in [0.25, 0.3) is 0 Å². The van der Waals surface area contributed by atoms with E-state index in [9.17, 15) is 9.59 Å². The van der Waals surface area contributed by atoms with Gasteiger partial charge in [0.25, 0.3) is 11.8 Å². The van der Waals surface area contributed by atoms with E-state index in [0.717, 1.165) is 21.8 Å². The Labute approximate surface area is 147 Å². The monoisotopic (exact) mass is 342 g/mol. The molecule has 5 heteroatoms. The van der Waals surface area contributed by atoms with Gasteiger partial charge in [0, 0.05) is 31.1 Å². The van der Waals surface area contributed by atoms with Crippen molar-refractivity contribution in [3.8, 4) is 0 Å². The Kier molecular flexibility index (Phi) is 6.44. The molecule has 2 rings (SSSR count). The minimum absolute atomic E-state index is 0.00178. The van der Waals surface area contributed by atoms with Crippen LogP contribution in [-0.2, 0) is 6.54 Å². The molecule has 0 saturated carbocycles. The van der Waals surface area contributed by atoms with Crippen LogP contribution in [-0.4, -0.2) is 36.6 Å². The summed E-state index contributed by atoms with van der Waals surface area (Å²) in [5.41, 5.74) is 2.33. The van der Waals surface area contributed by atoms with Crippen LogP contribution in [0.4, 0.5) is 0 Å². The van der Waals surface area contributed by atoms with Gasteiger partial charge in [-0.15, -0.1) is 11.8 Å². The third-order valence-corrected chi connectivity index (χ3v) is 4.58. The molecule has 2 aromatic carbocycles. The van der Waals surface area contributed by atoms with Crippen molar-refractivity contribution in [1.29, 1.82) is 0 Å². The van der Waals surface area contributed by atoms with Crippen molar-refractivity contribution in [3.05, 3.63) is 65.2 Å². The molecule has 0 spiro atoms. The Morgan fingerprint density at radius 3 is 2.38 bits per heavy atom. The number of carbonyl (C=O) groups is 2. The average Bonchev–Trinajstić information content (AvgIpc) is 2.62. The molecule has 2 aromatic rings. The highest BCUT2D eigenvalue weighted by Crippen LogP contribution is 2.23. The van der Waals surface area contributed by atoms with E-state index in [0.29, 0.717) is 12.1 Å². The number of hydrogen-bond acceptors (Lipinski definition) is 3. The van der Waals surface area contributed by atoms with E-state index in [1.165, 1.54) is 0 Å². The summed E-state index contributed by atoms with van der Waals surface area (Å²) in [5, 5.41) is 2.59. The molecule has 0 aromatic heterocycles. The molecule has 126 valence electrons. The van der Waals surface area contributed by atoms with Gasteiger partial charge in [0.15, 0.2) is 0 Å². The van der Waals surface area contributed by atoms with Crippen LogP contribution >= 0.6 is 11.8 Å². The number of benzene rings is 2. The molecule has 2 amide bonds. The molecular formula is C19H22N2O2S. The Hall–Kier alpha value is -2.27. The Bertz CT molecular complexity index is 714. The Morgan fingerprint density at radius 2 is 1.75 bits per heavy atom. The van der Waals surface area contributed by atoms with Crippen LogP contribution in [0.15, 0.2) is 53.4 Å². The third-order valence-electron chi connectivity index (χ3n) is 3.63. The average molecular weight is 342 g/mol. The maximum Gasteiger partial charge on any atom is 0.255 e. The molecule has 0 aliphatic rings.